The second kappa shape index (κ2) is 23.4. The lowest BCUT2D eigenvalue weighted by atomic mass is 9.94. The summed E-state index contributed by atoms with van der Waals surface area (Å²) < 4.78 is 15.8. The van der Waals surface area contributed by atoms with Gasteiger partial charge in [-0.1, -0.05) is 66.5 Å². The molecule has 21 heteroatoms. The number of nitrogens with one attached hydrogen (secondary N) is 5. The summed E-state index contributed by atoms with van der Waals surface area (Å²) >= 11 is 0. The van der Waals surface area contributed by atoms with E-state index in [-0.39, 0.29) is 44.1 Å². The van der Waals surface area contributed by atoms with Crippen molar-refractivity contribution in [1.82, 2.24) is 36.4 Å². The van der Waals surface area contributed by atoms with Crippen molar-refractivity contribution in [3.63, 3.8) is 0 Å². The second-order valence-corrected chi connectivity index (χ2v) is 17.8. The van der Waals surface area contributed by atoms with E-state index in [1.165, 1.54) is 41.0 Å². The Morgan fingerprint density at radius 3 is 1.81 bits per heavy atom. The number of carbonyl (C=O) groups is 8. The van der Waals surface area contributed by atoms with Gasteiger partial charge in [-0.3, -0.25) is 48.1 Å². The van der Waals surface area contributed by atoms with E-state index in [1.54, 1.807) is 13.8 Å². The Morgan fingerprint density at radius 1 is 0.758 bits per heavy atom. The molecule has 0 saturated carbocycles. The highest BCUT2D eigenvalue weighted by Gasteiger charge is 2.43. The molecule has 9 N–H and O–H groups in total. The molecular formula is C41H65N8O12P. The number of rotatable bonds is 22. The van der Waals surface area contributed by atoms with Crippen LogP contribution in [0.3, 0.4) is 0 Å². The zero-order valence-electron chi connectivity index (χ0n) is 36.7. The lowest BCUT2D eigenvalue weighted by molar-refractivity contribution is -0.145. The van der Waals surface area contributed by atoms with Gasteiger partial charge in [-0.05, 0) is 67.6 Å². The van der Waals surface area contributed by atoms with Gasteiger partial charge >= 0.3 is 7.82 Å². The van der Waals surface area contributed by atoms with Crippen molar-refractivity contribution in [2.24, 2.45) is 23.5 Å². The first-order valence-corrected chi connectivity index (χ1v) is 22.8. The maximum Gasteiger partial charge on any atom is 0.524 e. The van der Waals surface area contributed by atoms with Crippen LogP contribution in [0.25, 0.3) is 0 Å². The fourth-order valence-corrected chi connectivity index (χ4v) is 8.03. The minimum Gasteiger partial charge on any atom is -0.404 e. The molecule has 2 heterocycles. The smallest absolute Gasteiger partial charge is 0.404 e. The number of nitrogens with zero attached hydrogens (tertiary/aromatic N) is 2. The fourth-order valence-electron chi connectivity index (χ4n) is 7.63. The molecular weight excluding hydrogens is 827 g/mol. The lowest BCUT2D eigenvalue weighted by Crippen LogP contribution is -2.61. The number of hydrogen-bond acceptors (Lipinski definition) is 10. The topological polar surface area (TPSA) is 296 Å². The van der Waals surface area contributed by atoms with E-state index in [4.69, 9.17) is 15.5 Å². The number of nitrogens with two attached hydrogens (primary N) is 1. The molecule has 20 nitrogen and oxygen atoms in total. The van der Waals surface area contributed by atoms with Crippen LogP contribution in [0.4, 0.5) is 0 Å². The summed E-state index contributed by atoms with van der Waals surface area (Å²) in [6, 6.07) is -0.631. The highest BCUT2D eigenvalue weighted by molar-refractivity contribution is 7.46. The Kier molecular flexibility index (Phi) is 19.4. The number of phosphoric acid groups is 1. The van der Waals surface area contributed by atoms with Gasteiger partial charge in [0.05, 0.1) is 6.54 Å². The van der Waals surface area contributed by atoms with Crippen molar-refractivity contribution >= 4 is 55.1 Å². The van der Waals surface area contributed by atoms with Crippen LogP contribution in [0.2, 0.25) is 0 Å². The molecule has 1 aromatic rings. The SMILES string of the molecule is CC[C@H](C)[C@H](NC(=O)[C@H](Cc1ccc(OP(=O)(O)O)cc1)NC(C)=O)C(=O)N[C@H](C(=O)N1CCC[C@H]1C(=O)N[C@@H](CC(C)C)C(=O)N1CCC[C@H]1C(=O)NCC(N)=O)[C@@H](C)CC. The summed E-state index contributed by atoms with van der Waals surface area (Å²) in [5, 5.41) is 13.5. The van der Waals surface area contributed by atoms with E-state index < -0.39 is 103 Å². The Hall–Kier alpha value is -5.07. The fraction of sp³-hybridized carbons (Fsp3) is 0.659. The molecule has 346 valence electrons. The van der Waals surface area contributed by atoms with E-state index in [9.17, 15) is 42.9 Å². The molecule has 0 radical (unpaired) electrons. The molecule has 0 bridgehead atoms. The standard InChI is InChI=1S/C41H65N8O12P/c1-8-24(5)34(46-36(52)29(44-26(7)50)21-27-14-16-28(17-15-27)61-62(58,59)60)39(55)47-35(25(6)9-2)41(57)49-19-11-13-32(49)38(54)45-30(20-23(3)4)40(56)48-18-10-12-31(48)37(53)43-22-33(42)51/h14-17,23-25,29-32,34-35H,8-13,18-22H2,1-7H3,(H2,42,51)(H,43,53)(H,44,50)(H,45,54)(H,46,52)(H,47,55)(H2,58,59,60)/t24-,25-,29-,30-,31-,32-,34-,35-/m0/s1. The third kappa shape index (κ3) is 15.1. The monoisotopic (exact) mass is 892 g/mol. The summed E-state index contributed by atoms with van der Waals surface area (Å²) in [7, 11) is -4.80. The number of likely N-dealkylation sites (tertiary alicyclic amines) is 2. The Morgan fingerprint density at radius 2 is 1.29 bits per heavy atom. The minimum atomic E-state index is -4.80. The average molecular weight is 893 g/mol. The predicted molar refractivity (Wildman–Crippen MR) is 226 cm³/mol. The van der Waals surface area contributed by atoms with Gasteiger partial charge in [0, 0.05) is 26.4 Å². The van der Waals surface area contributed by atoms with Gasteiger partial charge in [-0.2, -0.15) is 0 Å². The number of amides is 8. The van der Waals surface area contributed by atoms with Crippen LogP contribution in [-0.2, 0) is 49.3 Å². The molecule has 2 saturated heterocycles. The highest BCUT2D eigenvalue weighted by atomic mass is 31.2. The third-order valence-electron chi connectivity index (χ3n) is 11.3. The molecule has 62 heavy (non-hydrogen) atoms. The summed E-state index contributed by atoms with van der Waals surface area (Å²) in [6.07, 6.45) is 2.85. The van der Waals surface area contributed by atoms with Crippen LogP contribution in [0.15, 0.2) is 24.3 Å². The van der Waals surface area contributed by atoms with Crippen LogP contribution in [0.1, 0.15) is 99.0 Å². The first-order chi connectivity index (χ1) is 29.1. The normalized spacial score (nSPS) is 19.3. The highest BCUT2D eigenvalue weighted by Crippen LogP contribution is 2.37. The van der Waals surface area contributed by atoms with Crippen LogP contribution >= 0.6 is 7.82 Å². The van der Waals surface area contributed by atoms with E-state index in [0.29, 0.717) is 44.1 Å². The number of hydrogen-bond donors (Lipinski definition) is 8. The van der Waals surface area contributed by atoms with Gasteiger partial charge < -0.3 is 46.6 Å². The average Bonchev–Trinajstić information content (AvgIpc) is 3.90. The Balaban J connectivity index is 1.80. The van der Waals surface area contributed by atoms with Crippen LogP contribution < -0.4 is 36.8 Å². The Labute approximate surface area is 362 Å². The lowest BCUT2D eigenvalue weighted by Gasteiger charge is -2.34. The molecule has 0 aliphatic carbocycles. The molecule has 0 spiro atoms. The van der Waals surface area contributed by atoms with Crippen molar-refractivity contribution < 1.29 is 57.2 Å². The van der Waals surface area contributed by atoms with Crippen LogP contribution in [0, 0.1) is 17.8 Å². The first-order valence-electron chi connectivity index (χ1n) is 21.3. The van der Waals surface area contributed by atoms with Gasteiger partial charge in [0.2, 0.25) is 47.3 Å². The zero-order valence-corrected chi connectivity index (χ0v) is 37.6. The predicted octanol–water partition coefficient (Wildman–Crippen LogP) is 0.382. The molecule has 0 unspecified atom stereocenters. The van der Waals surface area contributed by atoms with Gasteiger partial charge in [0.25, 0.3) is 0 Å². The van der Waals surface area contributed by atoms with Crippen molar-refractivity contribution in [2.45, 2.75) is 136 Å². The van der Waals surface area contributed by atoms with Gasteiger partial charge in [-0.15, -0.1) is 0 Å². The molecule has 1 aromatic carbocycles. The van der Waals surface area contributed by atoms with E-state index in [1.807, 2.05) is 27.7 Å². The van der Waals surface area contributed by atoms with Crippen molar-refractivity contribution in [1.29, 1.82) is 0 Å². The quantitative estimate of drug-likeness (QED) is 0.0734. The summed E-state index contributed by atoms with van der Waals surface area (Å²) in [4.78, 5) is 128. The molecule has 2 fully saturated rings. The maximum atomic E-state index is 14.4. The number of primary amides is 1. The summed E-state index contributed by atoms with van der Waals surface area (Å²) in [5.41, 5.74) is 5.70. The van der Waals surface area contributed by atoms with Crippen molar-refractivity contribution in [3.05, 3.63) is 29.8 Å². The zero-order chi connectivity index (χ0) is 46.5. The van der Waals surface area contributed by atoms with Crippen molar-refractivity contribution in [2.75, 3.05) is 19.6 Å². The van der Waals surface area contributed by atoms with Gasteiger partial charge in [0.1, 0.15) is 42.0 Å². The molecule has 3 rings (SSSR count). The largest absolute Gasteiger partial charge is 0.524 e. The van der Waals surface area contributed by atoms with Crippen LogP contribution in [0.5, 0.6) is 5.75 Å². The maximum absolute atomic E-state index is 14.4. The van der Waals surface area contributed by atoms with E-state index in [0.717, 1.165) is 0 Å². The third-order valence-corrected chi connectivity index (χ3v) is 11.7. The molecule has 2 aliphatic heterocycles. The van der Waals surface area contributed by atoms with Crippen molar-refractivity contribution in [3.8, 4) is 5.75 Å². The molecule has 2 aliphatic rings. The molecule has 0 aromatic heterocycles. The van der Waals surface area contributed by atoms with Gasteiger partial charge in [-0.25, -0.2) is 4.57 Å². The van der Waals surface area contributed by atoms with E-state index in [2.05, 4.69) is 31.1 Å². The minimum absolute atomic E-state index is 0.0303. The van der Waals surface area contributed by atoms with Gasteiger partial charge in [0.15, 0.2) is 0 Å². The van der Waals surface area contributed by atoms with Crippen LogP contribution in [-0.4, -0.2) is 123 Å². The van der Waals surface area contributed by atoms with E-state index >= 15 is 0 Å². The first kappa shape index (κ1) is 51.3. The number of phosphoric ester groups is 1. The number of carbonyl (C=O) groups excluding carboxylic acids is 8. The number of benzene rings is 1. The second-order valence-electron chi connectivity index (χ2n) is 16.7. The Bertz CT molecular complexity index is 1820. The molecule has 8 atom stereocenters. The molecule has 8 amide bonds. The summed E-state index contributed by atoms with van der Waals surface area (Å²) in [6.45, 7) is 12.4. The summed E-state index contributed by atoms with van der Waals surface area (Å²) in [5.74, 6) is -5.56.